The number of aromatic nitrogens is 2. The maximum Gasteiger partial charge on any atom is 0.224 e. The maximum atomic E-state index is 11.8. The van der Waals surface area contributed by atoms with Crippen LogP contribution in [0.4, 0.5) is 0 Å². The Morgan fingerprint density at radius 3 is 2.70 bits per heavy atom. The predicted molar refractivity (Wildman–Crippen MR) is 74.8 cm³/mol. The first-order valence-electron chi connectivity index (χ1n) is 6.41. The quantitative estimate of drug-likeness (QED) is 0.885. The molecule has 1 aromatic carbocycles. The third-order valence-corrected chi connectivity index (χ3v) is 2.92. The first kappa shape index (κ1) is 13.8. The zero-order chi connectivity index (χ0) is 14.4. The van der Waals surface area contributed by atoms with Crippen LogP contribution in [0, 0.1) is 11.3 Å². The molecule has 0 saturated carbocycles. The first-order chi connectivity index (χ1) is 9.67. The molecule has 0 aliphatic rings. The fourth-order valence-corrected chi connectivity index (χ4v) is 1.87. The van der Waals surface area contributed by atoms with Gasteiger partial charge in [0.25, 0.3) is 0 Å². The molecule has 0 saturated heterocycles. The highest BCUT2D eigenvalue weighted by Crippen LogP contribution is 2.04. The summed E-state index contributed by atoms with van der Waals surface area (Å²) >= 11 is 0. The van der Waals surface area contributed by atoms with Crippen LogP contribution in [0.25, 0.3) is 0 Å². The molecule has 2 aromatic rings. The SMILES string of the molecule is Cn1ccc(CCNC(=O)Cc2ccc(C#N)cc2)n1. The van der Waals surface area contributed by atoms with Crippen LogP contribution in [0.15, 0.2) is 36.5 Å². The van der Waals surface area contributed by atoms with E-state index in [0.717, 1.165) is 17.7 Å². The van der Waals surface area contributed by atoms with Crippen LogP contribution in [0.5, 0.6) is 0 Å². The Labute approximate surface area is 117 Å². The van der Waals surface area contributed by atoms with Crippen molar-refractivity contribution in [3.63, 3.8) is 0 Å². The average molecular weight is 268 g/mol. The van der Waals surface area contributed by atoms with Gasteiger partial charge in [-0.05, 0) is 23.8 Å². The number of nitrogens with one attached hydrogen (secondary N) is 1. The number of benzene rings is 1. The lowest BCUT2D eigenvalue weighted by Gasteiger charge is -2.04. The number of rotatable bonds is 5. The molecule has 5 nitrogen and oxygen atoms in total. The largest absolute Gasteiger partial charge is 0.355 e. The van der Waals surface area contributed by atoms with Gasteiger partial charge in [-0.15, -0.1) is 0 Å². The van der Waals surface area contributed by atoms with E-state index in [9.17, 15) is 4.79 Å². The Morgan fingerprint density at radius 1 is 1.35 bits per heavy atom. The van der Waals surface area contributed by atoms with Crippen molar-refractivity contribution in [2.45, 2.75) is 12.8 Å². The number of amides is 1. The van der Waals surface area contributed by atoms with Crippen LogP contribution >= 0.6 is 0 Å². The number of nitriles is 1. The normalized spacial score (nSPS) is 10.0. The molecule has 1 aromatic heterocycles. The number of carbonyl (C=O) groups excluding carboxylic acids is 1. The van der Waals surface area contributed by atoms with Crippen molar-refractivity contribution in [2.75, 3.05) is 6.54 Å². The Kier molecular flexibility index (Phi) is 4.51. The molecular formula is C15H16N4O. The van der Waals surface area contributed by atoms with E-state index >= 15 is 0 Å². The van der Waals surface area contributed by atoms with Crippen LogP contribution in [0.2, 0.25) is 0 Å². The second-order valence-corrected chi connectivity index (χ2v) is 4.57. The third kappa shape index (κ3) is 3.95. The van der Waals surface area contributed by atoms with Crippen LogP contribution in [-0.4, -0.2) is 22.2 Å². The van der Waals surface area contributed by atoms with Gasteiger partial charge in [0.05, 0.1) is 23.7 Å². The summed E-state index contributed by atoms with van der Waals surface area (Å²) in [5, 5.41) is 15.8. The Balaban J connectivity index is 1.76. The van der Waals surface area contributed by atoms with E-state index in [2.05, 4.69) is 16.5 Å². The fraction of sp³-hybridized carbons (Fsp3) is 0.267. The topological polar surface area (TPSA) is 70.7 Å². The van der Waals surface area contributed by atoms with Gasteiger partial charge in [0.1, 0.15) is 0 Å². The molecule has 0 radical (unpaired) electrons. The number of hydrogen-bond donors (Lipinski definition) is 1. The highest BCUT2D eigenvalue weighted by Gasteiger charge is 2.04. The molecule has 0 atom stereocenters. The van der Waals surface area contributed by atoms with E-state index in [4.69, 9.17) is 5.26 Å². The van der Waals surface area contributed by atoms with Gasteiger partial charge in [0.15, 0.2) is 0 Å². The lowest BCUT2D eigenvalue weighted by molar-refractivity contribution is -0.120. The van der Waals surface area contributed by atoms with E-state index in [1.807, 2.05) is 19.3 Å². The molecule has 20 heavy (non-hydrogen) atoms. The van der Waals surface area contributed by atoms with Gasteiger partial charge in [-0.1, -0.05) is 12.1 Å². The molecule has 0 aliphatic carbocycles. The second-order valence-electron chi connectivity index (χ2n) is 4.57. The van der Waals surface area contributed by atoms with Crippen molar-refractivity contribution in [3.05, 3.63) is 53.3 Å². The van der Waals surface area contributed by atoms with Gasteiger partial charge in [-0.25, -0.2) is 0 Å². The van der Waals surface area contributed by atoms with Crippen LogP contribution in [0.1, 0.15) is 16.8 Å². The minimum atomic E-state index is -0.0226. The Hall–Kier alpha value is -2.61. The minimum Gasteiger partial charge on any atom is -0.355 e. The van der Waals surface area contributed by atoms with E-state index in [0.29, 0.717) is 18.5 Å². The van der Waals surface area contributed by atoms with Gasteiger partial charge >= 0.3 is 0 Å². The molecule has 0 fully saturated rings. The molecule has 1 N–H and O–H groups in total. The molecule has 1 heterocycles. The Morgan fingerprint density at radius 2 is 2.10 bits per heavy atom. The summed E-state index contributed by atoms with van der Waals surface area (Å²) < 4.78 is 1.74. The van der Waals surface area contributed by atoms with E-state index < -0.39 is 0 Å². The molecule has 0 aliphatic heterocycles. The summed E-state index contributed by atoms with van der Waals surface area (Å²) in [5.41, 5.74) is 2.47. The predicted octanol–water partition coefficient (Wildman–Crippen LogP) is 1.19. The molecule has 102 valence electrons. The molecule has 0 unspecified atom stereocenters. The second kappa shape index (κ2) is 6.53. The summed E-state index contributed by atoms with van der Waals surface area (Å²) in [7, 11) is 1.87. The highest BCUT2D eigenvalue weighted by atomic mass is 16.1. The molecule has 0 spiro atoms. The van der Waals surface area contributed by atoms with Crippen molar-refractivity contribution in [1.82, 2.24) is 15.1 Å². The van der Waals surface area contributed by atoms with Gasteiger partial charge < -0.3 is 5.32 Å². The lowest BCUT2D eigenvalue weighted by atomic mass is 10.1. The van der Waals surface area contributed by atoms with Crippen molar-refractivity contribution in [1.29, 1.82) is 5.26 Å². The molecule has 1 amide bonds. The van der Waals surface area contributed by atoms with E-state index in [-0.39, 0.29) is 5.91 Å². The summed E-state index contributed by atoms with van der Waals surface area (Å²) in [5.74, 6) is -0.0226. The van der Waals surface area contributed by atoms with Gasteiger partial charge in [0, 0.05) is 26.2 Å². The van der Waals surface area contributed by atoms with E-state index in [1.165, 1.54) is 0 Å². The molecular weight excluding hydrogens is 252 g/mol. The smallest absolute Gasteiger partial charge is 0.224 e. The average Bonchev–Trinajstić information content (AvgIpc) is 2.85. The maximum absolute atomic E-state index is 11.8. The van der Waals surface area contributed by atoms with Crippen LogP contribution in [-0.2, 0) is 24.7 Å². The standard InChI is InChI=1S/C15H16N4O/c1-19-9-7-14(18-19)6-8-17-15(20)10-12-2-4-13(11-16)5-3-12/h2-5,7,9H,6,8,10H2,1H3,(H,17,20). The molecule has 5 heteroatoms. The zero-order valence-corrected chi connectivity index (χ0v) is 11.3. The minimum absolute atomic E-state index is 0.0226. The van der Waals surface area contributed by atoms with Crippen molar-refractivity contribution >= 4 is 5.91 Å². The summed E-state index contributed by atoms with van der Waals surface area (Å²) in [6, 6.07) is 11.0. The van der Waals surface area contributed by atoms with E-state index in [1.54, 1.807) is 28.9 Å². The van der Waals surface area contributed by atoms with Gasteiger partial charge in [-0.3, -0.25) is 9.48 Å². The first-order valence-corrected chi connectivity index (χ1v) is 6.41. The summed E-state index contributed by atoms with van der Waals surface area (Å²) in [6.07, 6.45) is 2.93. The Bertz CT molecular complexity index is 622. The number of carbonyl (C=O) groups is 1. The van der Waals surface area contributed by atoms with Crippen molar-refractivity contribution < 1.29 is 4.79 Å². The molecule has 2 rings (SSSR count). The fourth-order valence-electron chi connectivity index (χ4n) is 1.87. The zero-order valence-electron chi connectivity index (χ0n) is 11.3. The third-order valence-electron chi connectivity index (χ3n) is 2.92. The van der Waals surface area contributed by atoms with Crippen LogP contribution in [0.3, 0.4) is 0 Å². The number of nitrogens with zero attached hydrogens (tertiary/aromatic N) is 3. The van der Waals surface area contributed by atoms with Crippen molar-refractivity contribution in [3.8, 4) is 6.07 Å². The number of aryl methyl sites for hydroxylation is 1. The highest BCUT2D eigenvalue weighted by molar-refractivity contribution is 5.78. The van der Waals surface area contributed by atoms with Gasteiger partial charge in [0.2, 0.25) is 5.91 Å². The monoisotopic (exact) mass is 268 g/mol. The summed E-state index contributed by atoms with van der Waals surface area (Å²) in [4.78, 5) is 11.8. The lowest BCUT2D eigenvalue weighted by Crippen LogP contribution is -2.27. The number of hydrogen-bond acceptors (Lipinski definition) is 3. The molecule has 0 bridgehead atoms. The van der Waals surface area contributed by atoms with Crippen LogP contribution < -0.4 is 5.32 Å². The summed E-state index contributed by atoms with van der Waals surface area (Å²) in [6.45, 7) is 0.576. The van der Waals surface area contributed by atoms with Gasteiger partial charge in [-0.2, -0.15) is 10.4 Å². The van der Waals surface area contributed by atoms with Crippen molar-refractivity contribution in [2.24, 2.45) is 7.05 Å².